The fourth-order valence-corrected chi connectivity index (χ4v) is 8.55. The van der Waals surface area contributed by atoms with Gasteiger partial charge < -0.3 is 4.90 Å². The molecule has 0 N–H and O–H groups in total. The number of anilines is 3. The molecule has 0 saturated carbocycles. The minimum atomic E-state index is 0.0733. The number of fused-ring (bicyclic) bond motifs is 9. The van der Waals surface area contributed by atoms with Gasteiger partial charge in [-0.1, -0.05) is 105 Å². The average Bonchev–Trinajstić information content (AvgIpc) is 3.72. The van der Waals surface area contributed by atoms with Crippen LogP contribution < -0.4 is 4.90 Å². The van der Waals surface area contributed by atoms with Crippen molar-refractivity contribution < 1.29 is 0 Å². The molecule has 0 radical (unpaired) electrons. The topological polar surface area (TPSA) is 3.24 Å². The summed E-state index contributed by atoms with van der Waals surface area (Å²) >= 11 is 0. The van der Waals surface area contributed by atoms with Gasteiger partial charge in [-0.25, -0.2) is 0 Å². The van der Waals surface area contributed by atoms with Gasteiger partial charge in [-0.3, -0.25) is 0 Å². The Labute approximate surface area is 260 Å². The smallest absolute Gasteiger partial charge is 0.0468 e. The first kappa shape index (κ1) is 25.6. The van der Waals surface area contributed by atoms with Crippen molar-refractivity contribution in [3.8, 4) is 33.4 Å². The molecule has 3 aliphatic rings. The largest absolute Gasteiger partial charge is 0.310 e. The Morgan fingerprint density at radius 2 is 0.864 bits per heavy atom. The van der Waals surface area contributed by atoms with E-state index in [0.29, 0.717) is 0 Å². The Bertz CT molecular complexity index is 2010. The molecule has 0 unspecified atom stereocenters. The maximum Gasteiger partial charge on any atom is 0.0468 e. The minimum Gasteiger partial charge on any atom is -0.310 e. The zero-order chi connectivity index (χ0) is 29.4. The predicted molar refractivity (Wildman–Crippen MR) is 184 cm³/mol. The van der Waals surface area contributed by atoms with Crippen LogP contribution in [-0.4, -0.2) is 0 Å². The summed E-state index contributed by atoms with van der Waals surface area (Å²) < 4.78 is 0. The fraction of sp³-hybridized carbons (Fsp3) is 0.163. The molecule has 1 nitrogen and oxygen atoms in total. The van der Waals surface area contributed by atoms with E-state index < -0.39 is 0 Å². The zero-order valence-corrected chi connectivity index (χ0v) is 25.4. The van der Waals surface area contributed by atoms with E-state index in [4.69, 9.17) is 0 Å². The molecule has 212 valence electrons. The van der Waals surface area contributed by atoms with E-state index in [1.54, 1.807) is 0 Å². The summed E-state index contributed by atoms with van der Waals surface area (Å²) in [7, 11) is 0. The molecular weight excluding hydrogens is 530 g/mol. The standard InChI is InChI=1S/C43H35N/c1-3-43(4-2)41-16-10-9-15-37(41)40-27-34(21-22-42(40)43)44(32-19-17-30-23-28-11-5-7-13-35(28)38(30)25-32)33-20-18-31-24-29-12-6-8-14-36(29)39(31)26-33/h5-22,25-27H,3-4,23-24H2,1-2H3. The monoisotopic (exact) mass is 565 g/mol. The second kappa shape index (κ2) is 9.56. The third kappa shape index (κ3) is 3.53. The summed E-state index contributed by atoms with van der Waals surface area (Å²) in [5.74, 6) is 0. The number of nitrogens with zero attached hydrogens (tertiary/aromatic N) is 1. The Morgan fingerprint density at radius 3 is 1.43 bits per heavy atom. The van der Waals surface area contributed by atoms with Crippen molar-refractivity contribution in [1.29, 1.82) is 0 Å². The lowest BCUT2D eigenvalue weighted by Crippen LogP contribution is -2.23. The zero-order valence-electron chi connectivity index (χ0n) is 25.4. The second-order valence-electron chi connectivity index (χ2n) is 12.8. The Morgan fingerprint density at radius 1 is 0.432 bits per heavy atom. The highest BCUT2D eigenvalue weighted by molar-refractivity contribution is 5.90. The molecule has 1 heteroatoms. The molecule has 0 amide bonds. The van der Waals surface area contributed by atoms with E-state index in [0.717, 1.165) is 25.7 Å². The lowest BCUT2D eigenvalue weighted by Gasteiger charge is -2.31. The first-order chi connectivity index (χ1) is 21.7. The van der Waals surface area contributed by atoms with Crippen molar-refractivity contribution >= 4 is 17.1 Å². The van der Waals surface area contributed by atoms with E-state index in [1.165, 1.54) is 83.8 Å². The van der Waals surface area contributed by atoms with Gasteiger partial charge in [0.2, 0.25) is 0 Å². The molecular formula is C43H35N. The highest BCUT2D eigenvalue weighted by Gasteiger charge is 2.40. The summed E-state index contributed by atoms with van der Waals surface area (Å²) in [5, 5.41) is 0. The van der Waals surface area contributed by atoms with Gasteiger partial charge >= 0.3 is 0 Å². The van der Waals surface area contributed by atoms with Crippen LogP contribution in [0.5, 0.6) is 0 Å². The van der Waals surface area contributed by atoms with Crippen LogP contribution in [0.3, 0.4) is 0 Å². The van der Waals surface area contributed by atoms with Gasteiger partial charge in [0.05, 0.1) is 0 Å². The van der Waals surface area contributed by atoms with Gasteiger partial charge in [-0.05, 0) is 129 Å². The van der Waals surface area contributed by atoms with E-state index in [9.17, 15) is 0 Å². The van der Waals surface area contributed by atoms with Crippen LogP contribution in [0.25, 0.3) is 33.4 Å². The normalized spacial score (nSPS) is 14.3. The van der Waals surface area contributed by atoms with E-state index >= 15 is 0 Å². The molecule has 9 rings (SSSR count). The van der Waals surface area contributed by atoms with Crippen molar-refractivity contribution in [2.24, 2.45) is 0 Å². The molecule has 0 saturated heterocycles. The summed E-state index contributed by atoms with van der Waals surface area (Å²) in [6.07, 6.45) is 4.22. The van der Waals surface area contributed by atoms with Crippen LogP contribution in [0.4, 0.5) is 17.1 Å². The van der Waals surface area contributed by atoms with E-state index in [1.807, 2.05) is 0 Å². The molecule has 6 aromatic carbocycles. The second-order valence-corrected chi connectivity index (χ2v) is 12.8. The lowest BCUT2D eigenvalue weighted by molar-refractivity contribution is 0.490. The third-order valence-electron chi connectivity index (χ3n) is 10.8. The van der Waals surface area contributed by atoms with Crippen molar-refractivity contribution in [2.75, 3.05) is 4.90 Å². The SMILES string of the molecule is CCC1(CC)c2ccccc2-c2cc(N(c3ccc4c(c3)-c3ccccc3C4)c3ccc4c(c3)-c3ccccc3C4)ccc21. The molecule has 0 bridgehead atoms. The molecule has 0 aliphatic heterocycles. The van der Waals surface area contributed by atoms with Gasteiger partial charge in [0.15, 0.2) is 0 Å². The summed E-state index contributed by atoms with van der Waals surface area (Å²) in [4.78, 5) is 2.49. The van der Waals surface area contributed by atoms with Crippen LogP contribution in [0.2, 0.25) is 0 Å². The van der Waals surface area contributed by atoms with Crippen LogP contribution in [0.15, 0.2) is 127 Å². The molecule has 3 aliphatic carbocycles. The summed E-state index contributed by atoms with van der Waals surface area (Å²) in [5.41, 5.74) is 20.5. The summed E-state index contributed by atoms with van der Waals surface area (Å²) in [6, 6.07) is 48.3. The van der Waals surface area contributed by atoms with Crippen LogP contribution >= 0.6 is 0 Å². The van der Waals surface area contributed by atoms with Crippen molar-refractivity contribution in [3.63, 3.8) is 0 Å². The molecule has 0 heterocycles. The van der Waals surface area contributed by atoms with Gasteiger partial charge in [0, 0.05) is 22.5 Å². The van der Waals surface area contributed by atoms with Gasteiger partial charge in [0.25, 0.3) is 0 Å². The van der Waals surface area contributed by atoms with Gasteiger partial charge in [-0.15, -0.1) is 0 Å². The molecule has 0 aromatic heterocycles. The molecule has 44 heavy (non-hydrogen) atoms. The van der Waals surface area contributed by atoms with E-state index in [-0.39, 0.29) is 5.41 Å². The first-order valence-corrected chi connectivity index (χ1v) is 16.2. The van der Waals surface area contributed by atoms with Crippen molar-refractivity contribution in [1.82, 2.24) is 0 Å². The van der Waals surface area contributed by atoms with Crippen LogP contribution in [-0.2, 0) is 18.3 Å². The fourth-order valence-electron chi connectivity index (χ4n) is 8.55. The number of hydrogen-bond acceptors (Lipinski definition) is 1. The molecule has 0 spiro atoms. The Kier molecular flexibility index (Phi) is 5.56. The summed E-state index contributed by atoms with van der Waals surface area (Å²) in [6.45, 7) is 4.70. The number of rotatable bonds is 5. The quantitative estimate of drug-likeness (QED) is 0.201. The Hall–Kier alpha value is -4.88. The highest BCUT2D eigenvalue weighted by Crippen LogP contribution is 2.54. The minimum absolute atomic E-state index is 0.0733. The third-order valence-corrected chi connectivity index (χ3v) is 10.8. The maximum absolute atomic E-state index is 2.49. The van der Waals surface area contributed by atoms with Crippen molar-refractivity contribution in [2.45, 2.75) is 44.9 Å². The maximum atomic E-state index is 2.49. The molecule has 0 atom stereocenters. The predicted octanol–water partition coefficient (Wildman–Crippen LogP) is 11.4. The Balaban J connectivity index is 1.26. The average molecular weight is 566 g/mol. The van der Waals surface area contributed by atoms with E-state index in [2.05, 4.69) is 146 Å². The highest BCUT2D eigenvalue weighted by atomic mass is 15.1. The van der Waals surface area contributed by atoms with Gasteiger partial charge in [-0.2, -0.15) is 0 Å². The van der Waals surface area contributed by atoms with Crippen molar-refractivity contribution in [3.05, 3.63) is 161 Å². The molecule has 0 fully saturated rings. The number of hydrogen-bond donors (Lipinski definition) is 0. The first-order valence-electron chi connectivity index (χ1n) is 16.2. The molecule has 6 aromatic rings. The number of benzene rings is 6. The van der Waals surface area contributed by atoms with Gasteiger partial charge in [0.1, 0.15) is 0 Å². The van der Waals surface area contributed by atoms with Crippen LogP contribution in [0, 0.1) is 0 Å². The lowest BCUT2D eigenvalue weighted by atomic mass is 9.74. The van der Waals surface area contributed by atoms with Crippen LogP contribution in [0.1, 0.15) is 60.1 Å².